The van der Waals surface area contributed by atoms with Crippen molar-refractivity contribution in [2.24, 2.45) is 0 Å². The number of halogens is 3. The normalized spacial score (nSPS) is 11.4. The Morgan fingerprint density at radius 1 is 0.862 bits per heavy atom. The molecule has 0 aliphatic rings. The van der Waals surface area contributed by atoms with Crippen LogP contribution in [0.2, 0.25) is 0 Å². The van der Waals surface area contributed by atoms with Gasteiger partial charge in [-0.25, -0.2) is 15.0 Å². The van der Waals surface area contributed by atoms with Crippen LogP contribution < -0.4 is 10.1 Å². The Morgan fingerprint density at radius 2 is 1.66 bits per heavy atom. The van der Waals surface area contributed by atoms with Gasteiger partial charge in [-0.05, 0) is 35.9 Å². The first kappa shape index (κ1) is 18.7. The smallest absolute Gasteiger partial charge is 0.417 e. The highest BCUT2D eigenvalue weighted by Gasteiger charge is 2.30. The summed E-state index contributed by atoms with van der Waals surface area (Å²) in [4.78, 5) is 12.2. The van der Waals surface area contributed by atoms with Crippen molar-refractivity contribution in [1.82, 2.24) is 15.0 Å². The van der Waals surface area contributed by atoms with Gasteiger partial charge in [-0.2, -0.15) is 13.2 Å². The van der Waals surface area contributed by atoms with Gasteiger partial charge in [-0.3, -0.25) is 0 Å². The van der Waals surface area contributed by atoms with Gasteiger partial charge < -0.3 is 10.1 Å². The topological polar surface area (TPSA) is 59.9 Å². The minimum absolute atomic E-state index is 0.0938. The molecule has 4 aromatic rings. The number of hydrogen-bond donors (Lipinski definition) is 1. The minimum Gasteiger partial charge on any atom is -0.439 e. The number of rotatable bonds is 5. The predicted octanol–water partition coefficient (Wildman–Crippen LogP) is 5.45. The van der Waals surface area contributed by atoms with E-state index in [0.717, 1.165) is 34.5 Å². The Labute approximate surface area is 164 Å². The maximum atomic E-state index is 12.6. The third-order valence-corrected chi connectivity index (χ3v) is 4.21. The van der Waals surface area contributed by atoms with E-state index in [2.05, 4.69) is 20.3 Å². The number of alkyl halides is 3. The zero-order chi connectivity index (χ0) is 20.3. The number of ether oxygens (including phenoxy) is 1. The van der Waals surface area contributed by atoms with Gasteiger partial charge in [0.15, 0.2) is 0 Å². The van der Waals surface area contributed by atoms with E-state index in [0.29, 0.717) is 12.3 Å². The van der Waals surface area contributed by atoms with Gasteiger partial charge in [-0.1, -0.05) is 24.3 Å². The molecule has 29 heavy (non-hydrogen) atoms. The second kappa shape index (κ2) is 7.75. The summed E-state index contributed by atoms with van der Waals surface area (Å²) in [6.07, 6.45) is -2.16. The van der Waals surface area contributed by atoms with E-state index in [1.165, 1.54) is 12.4 Å². The number of anilines is 1. The molecule has 0 spiro atoms. The first-order valence-corrected chi connectivity index (χ1v) is 8.73. The molecule has 4 rings (SSSR count). The van der Waals surface area contributed by atoms with Crippen molar-refractivity contribution >= 4 is 16.7 Å². The third kappa shape index (κ3) is 4.43. The molecule has 0 bridgehead atoms. The average Bonchev–Trinajstić information content (AvgIpc) is 2.73. The molecule has 0 unspecified atom stereocenters. The molecule has 0 saturated carbocycles. The molecule has 8 heteroatoms. The number of hydrogen-bond acceptors (Lipinski definition) is 5. The van der Waals surface area contributed by atoms with Crippen LogP contribution in [0.25, 0.3) is 10.9 Å². The van der Waals surface area contributed by atoms with E-state index in [9.17, 15) is 13.2 Å². The number of aromatic nitrogens is 3. The molecule has 0 aliphatic carbocycles. The first-order chi connectivity index (χ1) is 14.0. The molecule has 0 atom stereocenters. The second-order valence-electron chi connectivity index (χ2n) is 6.22. The van der Waals surface area contributed by atoms with Crippen LogP contribution in [-0.4, -0.2) is 15.0 Å². The fraction of sp³-hybridized carbons (Fsp3) is 0.0952. The largest absolute Gasteiger partial charge is 0.439 e. The van der Waals surface area contributed by atoms with Crippen molar-refractivity contribution in [2.45, 2.75) is 12.7 Å². The summed E-state index contributed by atoms with van der Waals surface area (Å²) in [6.45, 7) is 0.541. The number of nitrogens with zero attached hydrogens (tertiary/aromatic N) is 3. The SMILES string of the molecule is FC(F)(F)c1ccc(Oc2ccc(CNc3ncnc4ccccc34)cc2)nc1. The Bertz CT molecular complexity index is 1110. The van der Waals surface area contributed by atoms with Crippen LogP contribution in [0.3, 0.4) is 0 Å². The number of fused-ring (bicyclic) bond motifs is 1. The lowest BCUT2D eigenvalue weighted by molar-refractivity contribution is -0.137. The molecule has 0 radical (unpaired) electrons. The molecule has 2 heterocycles. The Morgan fingerprint density at radius 3 is 2.38 bits per heavy atom. The van der Waals surface area contributed by atoms with Crippen molar-refractivity contribution in [1.29, 1.82) is 0 Å². The highest BCUT2D eigenvalue weighted by Crippen LogP contribution is 2.30. The van der Waals surface area contributed by atoms with Crippen LogP contribution in [0.4, 0.5) is 19.0 Å². The lowest BCUT2D eigenvalue weighted by atomic mass is 10.2. The van der Waals surface area contributed by atoms with Crippen molar-refractivity contribution in [3.8, 4) is 11.6 Å². The van der Waals surface area contributed by atoms with Crippen LogP contribution in [0.5, 0.6) is 11.6 Å². The van der Waals surface area contributed by atoms with E-state index in [1.54, 1.807) is 12.1 Å². The van der Waals surface area contributed by atoms with Crippen molar-refractivity contribution in [3.63, 3.8) is 0 Å². The van der Waals surface area contributed by atoms with Crippen LogP contribution in [0, 0.1) is 0 Å². The Kier molecular flexibility index (Phi) is 4.99. The summed E-state index contributed by atoms with van der Waals surface area (Å²) in [5.41, 5.74) is 1.03. The highest BCUT2D eigenvalue weighted by molar-refractivity contribution is 5.88. The Hall–Kier alpha value is -3.68. The number of benzene rings is 2. The average molecular weight is 396 g/mol. The summed E-state index contributed by atoms with van der Waals surface area (Å²) in [5.74, 6) is 1.31. The third-order valence-electron chi connectivity index (χ3n) is 4.21. The van der Waals surface area contributed by atoms with E-state index in [-0.39, 0.29) is 5.88 Å². The lowest BCUT2D eigenvalue weighted by Crippen LogP contribution is -2.05. The lowest BCUT2D eigenvalue weighted by Gasteiger charge is -2.10. The standard InChI is InChI=1S/C21H15F3N4O/c22-21(23,24)15-7-10-19(25-12-15)29-16-8-5-14(6-9-16)11-26-20-17-3-1-2-4-18(17)27-13-28-20/h1-10,12-13H,11H2,(H,26,27,28). The number of nitrogens with one attached hydrogen (secondary N) is 1. The molecule has 146 valence electrons. The zero-order valence-corrected chi connectivity index (χ0v) is 15.0. The first-order valence-electron chi connectivity index (χ1n) is 8.73. The Balaban J connectivity index is 1.40. The predicted molar refractivity (Wildman–Crippen MR) is 103 cm³/mol. The van der Waals surface area contributed by atoms with Crippen molar-refractivity contribution in [3.05, 3.63) is 84.3 Å². The van der Waals surface area contributed by atoms with Crippen LogP contribution >= 0.6 is 0 Å². The summed E-state index contributed by atoms with van der Waals surface area (Å²) in [7, 11) is 0. The minimum atomic E-state index is -4.42. The van der Waals surface area contributed by atoms with Crippen LogP contribution in [0.1, 0.15) is 11.1 Å². The van der Waals surface area contributed by atoms with E-state index >= 15 is 0 Å². The molecular formula is C21H15F3N4O. The molecule has 5 nitrogen and oxygen atoms in total. The monoisotopic (exact) mass is 396 g/mol. The molecule has 1 N–H and O–H groups in total. The van der Waals surface area contributed by atoms with Gasteiger partial charge in [0, 0.05) is 24.2 Å². The van der Waals surface area contributed by atoms with Crippen molar-refractivity contribution < 1.29 is 17.9 Å². The fourth-order valence-corrected chi connectivity index (χ4v) is 2.74. The summed E-state index contributed by atoms with van der Waals surface area (Å²) < 4.78 is 43.2. The summed E-state index contributed by atoms with van der Waals surface area (Å²) in [6, 6.07) is 17.0. The number of pyridine rings is 1. The molecule has 2 aromatic carbocycles. The second-order valence-corrected chi connectivity index (χ2v) is 6.22. The molecule has 0 fully saturated rings. The molecule has 2 aromatic heterocycles. The number of para-hydroxylation sites is 1. The maximum absolute atomic E-state index is 12.6. The molecule has 0 aliphatic heterocycles. The highest BCUT2D eigenvalue weighted by atomic mass is 19.4. The summed E-state index contributed by atoms with van der Waals surface area (Å²) in [5, 5.41) is 4.22. The van der Waals surface area contributed by atoms with Gasteiger partial charge in [0.1, 0.15) is 17.9 Å². The van der Waals surface area contributed by atoms with E-state index < -0.39 is 11.7 Å². The van der Waals surface area contributed by atoms with Crippen LogP contribution in [-0.2, 0) is 12.7 Å². The maximum Gasteiger partial charge on any atom is 0.417 e. The van der Waals surface area contributed by atoms with Gasteiger partial charge in [0.2, 0.25) is 5.88 Å². The van der Waals surface area contributed by atoms with Gasteiger partial charge in [0.05, 0.1) is 11.1 Å². The van der Waals surface area contributed by atoms with E-state index in [4.69, 9.17) is 4.74 Å². The quantitative estimate of drug-likeness (QED) is 0.486. The van der Waals surface area contributed by atoms with Gasteiger partial charge >= 0.3 is 6.18 Å². The molecule has 0 saturated heterocycles. The van der Waals surface area contributed by atoms with Gasteiger partial charge in [0.25, 0.3) is 0 Å². The van der Waals surface area contributed by atoms with Gasteiger partial charge in [-0.15, -0.1) is 0 Å². The zero-order valence-electron chi connectivity index (χ0n) is 15.0. The molecule has 0 amide bonds. The molecular weight excluding hydrogens is 381 g/mol. The summed E-state index contributed by atoms with van der Waals surface area (Å²) >= 11 is 0. The van der Waals surface area contributed by atoms with Crippen molar-refractivity contribution in [2.75, 3.05) is 5.32 Å². The van der Waals surface area contributed by atoms with E-state index in [1.807, 2.05) is 36.4 Å². The van der Waals surface area contributed by atoms with Crippen LogP contribution in [0.15, 0.2) is 73.2 Å². The fourth-order valence-electron chi connectivity index (χ4n) is 2.74.